The van der Waals surface area contributed by atoms with Gasteiger partial charge in [0.2, 0.25) is 0 Å². The van der Waals surface area contributed by atoms with Gasteiger partial charge >= 0.3 is 0 Å². The van der Waals surface area contributed by atoms with E-state index in [-0.39, 0.29) is 0 Å². The lowest BCUT2D eigenvalue weighted by molar-refractivity contribution is 0.414. The molecule has 0 radical (unpaired) electrons. The number of hydrogen-bond donors (Lipinski definition) is 0. The Bertz CT molecular complexity index is 271. The number of hydrogen-bond acceptors (Lipinski definition) is 3. The van der Waals surface area contributed by atoms with E-state index in [1.807, 2.05) is 24.3 Å². The summed E-state index contributed by atoms with van der Waals surface area (Å²) in [7, 11) is 1.63. The van der Waals surface area contributed by atoms with Gasteiger partial charge in [-0.15, -0.1) is 0 Å². The van der Waals surface area contributed by atoms with E-state index in [0.29, 0.717) is 3.66 Å². The Hall–Kier alpha value is -0.250. The predicted molar refractivity (Wildman–Crippen MR) is 57.3 cm³/mol. The van der Waals surface area contributed by atoms with Gasteiger partial charge in [0, 0.05) is 4.90 Å². The van der Waals surface area contributed by atoms with Crippen molar-refractivity contribution in [1.82, 2.24) is 0 Å². The van der Waals surface area contributed by atoms with Gasteiger partial charge in [0.25, 0.3) is 0 Å². The van der Waals surface area contributed by atoms with Crippen LogP contribution in [0.5, 0.6) is 5.75 Å². The van der Waals surface area contributed by atoms with Crippen molar-refractivity contribution in [2.45, 2.75) is 4.90 Å². The van der Waals surface area contributed by atoms with E-state index >= 15 is 0 Å². The molecule has 0 N–H and O–H groups in total. The number of thioether (sulfide) groups is 1. The molecule has 0 amide bonds. The monoisotopic (exact) mass is 218 g/mol. The zero-order valence-electron chi connectivity index (χ0n) is 6.41. The quantitative estimate of drug-likeness (QED) is 0.428. The van der Waals surface area contributed by atoms with Crippen molar-refractivity contribution < 1.29 is 4.74 Å². The first-order chi connectivity index (χ1) is 5.72. The van der Waals surface area contributed by atoms with Crippen LogP contribution < -0.4 is 4.74 Å². The molecule has 1 rings (SSSR count). The molecule has 0 unspecified atom stereocenters. The van der Waals surface area contributed by atoms with Gasteiger partial charge in [0.1, 0.15) is 9.41 Å². The van der Waals surface area contributed by atoms with E-state index in [9.17, 15) is 0 Å². The maximum absolute atomic E-state index is 5.55. The molecule has 12 heavy (non-hydrogen) atoms. The van der Waals surface area contributed by atoms with Crippen molar-refractivity contribution in [3.63, 3.8) is 0 Å². The average molecular weight is 219 g/mol. The lowest BCUT2D eigenvalue weighted by Crippen LogP contribution is -1.81. The van der Waals surface area contributed by atoms with Gasteiger partial charge in [-0.1, -0.05) is 35.6 Å². The maximum atomic E-state index is 5.55. The van der Waals surface area contributed by atoms with E-state index in [2.05, 4.69) is 0 Å². The van der Waals surface area contributed by atoms with Crippen LogP contribution in [0.1, 0.15) is 0 Å². The van der Waals surface area contributed by atoms with Crippen LogP contribution in [0.3, 0.4) is 0 Å². The smallest absolute Gasteiger partial charge is 0.141 e. The van der Waals surface area contributed by atoms with Crippen molar-refractivity contribution in [2.24, 2.45) is 0 Å². The minimum atomic E-state index is 0.403. The van der Waals surface area contributed by atoms with Crippen LogP contribution in [-0.4, -0.2) is 10.8 Å². The van der Waals surface area contributed by atoms with Gasteiger partial charge in [-0.2, -0.15) is 0 Å². The molecular formula is C8H7ClOS2. The summed E-state index contributed by atoms with van der Waals surface area (Å²) >= 11 is 11.6. The van der Waals surface area contributed by atoms with Crippen LogP contribution in [0.25, 0.3) is 0 Å². The largest absolute Gasteiger partial charge is 0.497 e. The second-order valence-corrected chi connectivity index (χ2v) is 4.59. The SMILES string of the molecule is COc1ccc(SC(=S)Cl)cc1. The third-order valence-electron chi connectivity index (χ3n) is 1.26. The second-order valence-electron chi connectivity index (χ2n) is 2.02. The van der Waals surface area contributed by atoms with Crippen LogP contribution in [0.15, 0.2) is 29.2 Å². The molecule has 0 saturated carbocycles. The fourth-order valence-corrected chi connectivity index (χ4v) is 1.75. The number of thiocarbonyl (C=S) groups is 1. The van der Waals surface area contributed by atoms with Crippen molar-refractivity contribution in [2.75, 3.05) is 7.11 Å². The second kappa shape index (κ2) is 4.70. The van der Waals surface area contributed by atoms with Crippen LogP contribution in [-0.2, 0) is 0 Å². The molecule has 0 saturated heterocycles. The zero-order valence-corrected chi connectivity index (χ0v) is 8.80. The van der Waals surface area contributed by atoms with Crippen LogP contribution >= 0.6 is 35.6 Å². The highest BCUT2D eigenvalue weighted by Crippen LogP contribution is 2.23. The van der Waals surface area contributed by atoms with Gasteiger partial charge < -0.3 is 4.74 Å². The number of methoxy groups -OCH3 is 1. The minimum absolute atomic E-state index is 0.403. The summed E-state index contributed by atoms with van der Waals surface area (Å²) in [5, 5.41) is 0. The molecule has 0 aliphatic rings. The Morgan fingerprint density at radius 1 is 1.42 bits per heavy atom. The first kappa shape index (κ1) is 9.84. The maximum Gasteiger partial charge on any atom is 0.141 e. The highest BCUT2D eigenvalue weighted by molar-refractivity contribution is 8.26. The molecule has 0 aliphatic heterocycles. The third-order valence-corrected chi connectivity index (χ3v) is 2.41. The summed E-state index contributed by atoms with van der Waals surface area (Å²) in [6.45, 7) is 0. The number of halogens is 1. The van der Waals surface area contributed by atoms with Crippen molar-refractivity contribution in [1.29, 1.82) is 0 Å². The lowest BCUT2D eigenvalue weighted by Gasteiger charge is -2.00. The normalized spacial score (nSPS) is 9.50. The van der Waals surface area contributed by atoms with Crippen molar-refractivity contribution >= 4 is 39.2 Å². The minimum Gasteiger partial charge on any atom is -0.497 e. The molecule has 1 aromatic carbocycles. The Labute approximate surface area is 86.1 Å². The summed E-state index contributed by atoms with van der Waals surface area (Å²) < 4.78 is 5.40. The van der Waals surface area contributed by atoms with Crippen LogP contribution in [0.4, 0.5) is 0 Å². The van der Waals surface area contributed by atoms with E-state index in [0.717, 1.165) is 10.6 Å². The summed E-state index contributed by atoms with van der Waals surface area (Å²) in [5.41, 5.74) is 0. The number of ether oxygens (including phenoxy) is 1. The standard InChI is InChI=1S/C8H7ClOS2/c1-10-6-2-4-7(5-3-6)12-8(9)11/h2-5H,1H3. The van der Waals surface area contributed by atoms with E-state index in [4.69, 9.17) is 28.6 Å². The van der Waals surface area contributed by atoms with Gasteiger partial charge in [0.05, 0.1) is 7.11 Å². The number of benzene rings is 1. The van der Waals surface area contributed by atoms with Gasteiger partial charge in [-0.05, 0) is 24.3 Å². The molecule has 0 bridgehead atoms. The zero-order chi connectivity index (χ0) is 8.97. The first-order valence-corrected chi connectivity index (χ1v) is 4.84. The summed E-state index contributed by atoms with van der Waals surface area (Å²) in [5.74, 6) is 0.833. The van der Waals surface area contributed by atoms with Gasteiger partial charge in [0.15, 0.2) is 0 Å². The van der Waals surface area contributed by atoms with Crippen molar-refractivity contribution in [3.05, 3.63) is 24.3 Å². The molecule has 4 heteroatoms. The topological polar surface area (TPSA) is 9.23 Å². The van der Waals surface area contributed by atoms with Crippen molar-refractivity contribution in [3.8, 4) is 5.75 Å². The average Bonchev–Trinajstić information content (AvgIpc) is 2.05. The Morgan fingerprint density at radius 3 is 2.42 bits per heavy atom. The summed E-state index contributed by atoms with van der Waals surface area (Å²) in [6, 6.07) is 7.57. The van der Waals surface area contributed by atoms with E-state index < -0.39 is 0 Å². The summed E-state index contributed by atoms with van der Waals surface area (Å²) in [4.78, 5) is 1.02. The molecule has 64 valence electrons. The number of rotatable bonds is 2. The molecule has 0 fully saturated rings. The van der Waals surface area contributed by atoms with Gasteiger partial charge in [-0.25, -0.2) is 0 Å². The van der Waals surface area contributed by atoms with Crippen LogP contribution in [0.2, 0.25) is 0 Å². The van der Waals surface area contributed by atoms with E-state index in [1.165, 1.54) is 11.8 Å². The highest BCUT2D eigenvalue weighted by Gasteiger charge is 1.96. The fourth-order valence-electron chi connectivity index (χ4n) is 0.736. The molecule has 0 atom stereocenters. The third kappa shape index (κ3) is 3.01. The molecule has 0 aromatic heterocycles. The predicted octanol–water partition coefficient (Wildman–Crippen LogP) is 3.31. The highest BCUT2D eigenvalue weighted by atomic mass is 35.5. The Kier molecular flexibility index (Phi) is 3.85. The first-order valence-electron chi connectivity index (χ1n) is 3.24. The molecule has 1 aromatic rings. The molecule has 0 aliphatic carbocycles. The van der Waals surface area contributed by atoms with Crippen LogP contribution in [0, 0.1) is 0 Å². The molecule has 0 spiro atoms. The van der Waals surface area contributed by atoms with Gasteiger partial charge in [-0.3, -0.25) is 0 Å². The Morgan fingerprint density at radius 2 is 2.00 bits per heavy atom. The lowest BCUT2D eigenvalue weighted by atomic mass is 10.3. The molecular weight excluding hydrogens is 212 g/mol. The molecule has 0 heterocycles. The molecule has 1 nitrogen and oxygen atoms in total. The fraction of sp³-hybridized carbons (Fsp3) is 0.125. The van der Waals surface area contributed by atoms with E-state index in [1.54, 1.807) is 7.11 Å². The summed E-state index contributed by atoms with van der Waals surface area (Å²) in [6.07, 6.45) is 0. The Balaban J connectivity index is 2.71.